The van der Waals surface area contributed by atoms with Crippen molar-refractivity contribution >= 4 is 33.3 Å². The number of anilines is 1. The molecular formula is C20H18BrNO5. The normalized spacial score (nSPS) is 20.1. The molecule has 0 aliphatic carbocycles. The average molecular weight is 432 g/mol. The van der Waals surface area contributed by atoms with Crippen molar-refractivity contribution in [3.8, 4) is 11.5 Å². The molecule has 2 aromatic carbocycles. The van der Waals surface area contributed by atoms with Crippen LogP contribution in [0.2, 0.25) is 0 Å². The minimum Gasteiger partial charge on any atom is -0.454 e. The van der Waals surface area contributed by atoms with Gasteiger partial charge in [-0.1, -0.05) is 22.9 Å². The third-order valence-electron chi connectivity index (χ3n) is 4.85. The monoisotopic (exact) mass is 431 g/mol. The van der Waals surface area contributed by atoms with E-state index in [4.69, 9.17) is 9.47 Å². The number of aliphatic hydroxyl groups is 1. The van der Waals surface area contributed by atoms with Crippen LogP contribution >= 0.6 is 15.9 Å². The molecule has 0 saturated carbocycles. The van der Waals surface area contributed by atoms with Gasteiger partial charge in [-0.2, -0.15) is 0 Å². The Morgan fingerprint density at radius 2 is 2.00 bits per heavy atom. The lowest BCUT2D eigenvalue weighted by Gasteiger charge is -2.22. The predicted molar refractivity (Wildman–Crippen MR) is 102 cm³/mol. The van der Waals surface area contributed by atoms with Gasteiger partial charge in [-0.25, -0.2) is 0 Å². The van der Waals surface area contributed by atoms with Crippen molar-refractivity contribution in [3.05, 3.63) is 52.0 Å². The highest BCUT2D eigenvalue weighted by Gasteiger charge is 2.50. The highest BCUT2D eigenvalue weighted by Crippen LogP contribution is 2.44. The number of amides is 1. The lowest BCUT2D eigenvalue weighted by Crippen LogP contribution is -2.42. The summed E-state index contributed by atoms with van der Waals surface area (Å²) in [5, 5.41) is 11.3. The Hall–Kier alpha value is -2.38. The lowest BCUT2D eigenvalue weighted by atomic mass is 9.88. The second-order valence-electron chi connectivity index (χ2n) is 6.65. The van der Waals surface area contributed by atoms with E-state index in [-0.39, 0.29) is 19.0 Å². The minimum absolute atomic E-state index is 0.114. The molecule has 7 heteroatoms. The standard InChI is InChI=1S/C20H18BrNO5/c1-2-7-22-15-5-4-13(21)9-14(15)20(25,19(22)24)10-16(23)12-3-6-17-18(8-12)27-11-26-17/h3-6,8-9,25H,2,7,10-11H2,1H3/t20-/m1/s1. The molecule has 0 radical (unpaired) electrons. The average Bonchev–Trinajstić information content (AvgIpc) is 3.19. The second kappa shape index (κ2) is 6.65. The maximum absolute atomic E-state index is 13.0. The summed E-state index contributed by atoms with van der Waals surface area (Å²) in [7, 11) is 0. The quantitative estimate of drug-likeness (QED) is 0.734. The first-order valence-electron chi connectivity index (χ1n) is 8.71. The molecule has 1 amide bonds. The topological polar surface area (TPSA) is 76.1 Å². The predicted octanol–water partition coefficient (Wildman–Crippen LogP) is 3.40. The van der Waals surface area contributed by atoms with Crippen LogP contribution in [0.4, 0.5) is 5.69 Å². The first-order valence-corrected chi connectivity index (χ1v) is 9.50. The molecule has 2 aromatic rings. The van der Waals surface area contributed by atoms with Crippen molar-refractivity contribution in [2.45, 2.75) is 25.4 Å². The fraction of sp³-hybridized carbons (Fsp3) is 0.300. The summed E-state index contributed by atoms with van der Waals surface area (Å²) >= 11 is 3.38. The lowest BCUT2D eigenvalue weighted by molar-refractivity contribution is -0.135. The number of ketones is 1. The van der Waals surface area contributed by atoms with E-state index in [0.29, 0.717) is 34.9 Å². The highest BCUT2D eigenvalue weighted by atomic mass is 79.9. The van der Waals surface area contributed by atoms with Crippen LogP contribution in [-0.4, -0.2) is 30.1 Å². The van der Waals surface area contributed by atoms with Gasteiger partial charge in [0.15, 0.2) is 22.9 Å². The van der Waals surface area contributed by atoms with E-state index in [0.717, 1.165) is 10.9 Å². The number of hydrogen-bond donors (Lipinski definition) is 1. The van der Waals surface area contributed by atoms with Crippen LogP contribution in [0.3, 0.4) is 0 Å². The summed E-state index contributed by atoms with van der Waals surface area (Å²) in [4.78, 5) is 27.4. The highest BCUT2D eigenvalue weighted by molar-refractivity contribution is 9.10. The van der Waals surface area contributed by atoms with Crippen LogP contribution in [0.1, 0.15) is 35.7 Å². The summed E-state index contributed by atoms with van der Waals surface area (Å²) in [5.74, 6) is 0.256. The van der Waals surface area contributed by atoms with E-state index in [2.05, 4.69) is 15.9 Å². The molecule has 27 heavy (non-hydrogen) atoms. The second-order valence-corrected chi connectivity index (χ2v) is 7.56. The van der Waals surface area contributed by atoms with Gasteiger partial charge in [-0.05, 0) is 42.8 Å². The molecular weight excluding hydrogens is 414 g/mol. The number of Topliss-reactive ketones (excluding diaryl/α,β-unsaturated/α-hetero) is 1. The molecule has 1 N–H and O–H groups in total. The van der Waals surface area contributed by atoms with Gasteiger partial charge in [-0.3, -0.25) is 9.59 Å². The van der Waals surface area contributed by atoms with E-state index in [1.54, 1.807) is 35.2 Å². The minimum atomic E-state index is -1.89. The third-order valence-corrected chi connectivity index (χ3v) is 5.35. The van der Waals surface area contributed by atoms with Crippen LogP contribution < -0.4 is 14.4 Å². The molecule has 0 unspecified atom stereocenters. The number of ether oxygens (including phenoxy) is 2. The Balaban J connectivity index is 1.69. The van der Waals surface area contributed by atoms with E-state index in [9.17, 15) is 14.7 Å². The van der Waals surface area contributed by atoms with Gasteiger partial charge >= 0.3 is 0 Å². The van der Waals surface area contributed by atoms with Gasteiger partial charge in [0.25, 0.3) is 5.91 Å². The molecule has 2 heterocycles. The van der Waals surface area contributed by atoms with Crippen molar-refractivity contribution in [2.24, 2.45) is 0 Å². The van der Waals surface area contributed by atoms with Crippen molar-refractivity contribution in [3.63, 3.8) is 0 Å². The Bertz CT molecular complexity index is 944. The summed E-state index contributed by atoms with van der Waals surface area (Å²) < 4.78 is 11.3. The Labute approximate surface area is 164 Å². The Morgan fingerprint density at radius 3 is 2.78 bits per heavy atom. The van der Waals surface area contributed by atoms with E-state index < -0.39 is 11.5 Å². The molecule has 0 fully saturated rings. The molecule has 2 aliphatic heterocycles. The maximum atomic E-state index is 13.0. The van der Waals surface area contributed by atoms with Crippen molar-refractivity contribution in [1.82, 2.24) is 0 Å². The number of hydrogen-bond acceptors (Lipinski definition) is 5. The Kier molecular flexibility index (Phi) is 4.44. The van der Waals surface area contributed by atoms with Crippen LogP contribution in [0.5, 0.6) is 11.5 Å². The van der Waals surface area contributed by atoms with E-state index >= 15 is 0 Å². The molecule has 6 nitrogen and oxygen atoms in total. The summed E-state index contributed by atoms with van der Waals surface area (Å²) in [6.45, 7) is 2.55. The number of halogens is 1. The number of carbonyl (C=O) groups is 2. The molecule has 0 bridgehead atoms. The molecule has 4 rings (SSSR count). The number of nitrogens with zero attached hydrogens (tertiary/aromatic N) is 1. The molecule has 0 spiro atoms. The molecule has 0 aromatic heterocycles. The number of fused-ring (bicyclic) bond motifs is 2. The SMILES string of the molecule is CCCN1C(=O)[C@@](O)(CC(=O)c2ccc3c(c2)OCO3)c2cc(Br)ccc21. The summed E-state index contributed by atoms with van der Waals surface area (Å²) in [6, 6.07) is 10.2. The van der Waals surface area contributed by atoms with Gasteiger partial charge < -0.3 is 19.5 Å². The first-order chi connectivity index (χ1) is 12.9. The molecule has 0 saturated heterocycles. The zero-order valence-electron chi connectivity index (χ0n) is 14.7. The fourth-order valence-electron chi connectivity index (χ4n) is 3.54. The maximum Gasteiger partial charge on any atom is 0.264 e. The Morgan fingerprint density at radius 1 is 1.22 bits per heavy atom. The molecule has 2 aliphatic rings. The summed E-state index contributed by atoms with van der Waals surface area (Å²) in [6.07, 6.45) is 0.405. The van der Waals surface area contributed by atoms with Crippen LogP contribution in [0.25, 0.3) is 0 Å². The zero-order chi connectivity index (χ0) is 19.2. The van der Waals surface area contributed by atoms with E-state index in [1.165, 1.54) is 0 Å². The van der Waals surface area contributed by atoms with Crippen molar-refractivity contribution in [1.29, 1.82) is 0 Å². The largest absolute Gasteiger partial charge is 0.454 e. The van der Waals surface area contributed by atoms with E-state index in [1.807, 2.05) is 13.0 Å². The molecule has 1 atom stereocenters. The fourth-order valence-corrected chi connectivity index (χ4v) is 3.90. The number of rotatable bonds is 5. The van der Waals surface area contributed by atoms with Gasteiger partial charge in [0.1, 0.15) is 0 Å². The van der Waals surface area contributed by atoms with Gasteiger partial charge in [0, 0.05) is 22.1 Å². The van der Waals surface area contributed by atoms with Gasteiger partial charge in [0.2, 0.25) is 6.79 Å². The number of benzene rings is 2. The van der Waals surface area contributed by atoms with Gasteiger partial charge in [0.05, 0.1) is 12.1 Å². The van der Waals surface area contributed by atoms with Crippen molar-refractivity contribution < 1.29 is 24.2 Å². The van der Waals surface area contributed by atoms with Gasteiger partial charge in [-0.15, -0.1) is 0 Å². The smallest absolute Gasteiger partial charge is 0.264 e. The van der Waals surface area contributed by atoms with Crippen LogP contribution in [-0.2, 0) is 10.4 Å². The summed E-state index contributed by atoms with van der Waals surface area (Å²) in [5.41, 5.74) is -0.428. The zero-order valence-corrected chi connectivity index (χ0v) is 16.3. The first kappa shape index (κ1) is 18.0. The van der Waals surface area contributed by atoms with Crippen molar-refractivity contribution in [2.75, 3.05) is 18.2 Å². The van der Waals surface area contributed by atoms with Crippen LogP contribution in [0.15, 0.2) is 40.9 Å². The number of carbonyl (C=O) groups excluding carboxylic acids is 2. The third kappa shape index (κ3) is 2.91. The van der Waals surface area contributed by atoms with Crippen LogP contribution in [0, 0.1) is 0 Å². The molecule has 140 valence electrons.